The smallest absolute Gasteiger partial charge is 0.254 e. The highest BCUT2D eigenvalue weighted by molar-refractivity contribution is 7.80. The van der Waals surface area contributed by atoms with Gasteiger partial charge in [-0.3, -0.25) is 4.79 Å². The molecule has 0 saturated heterocycles. The van der Waals surface area contributed by atoms with E-state index in [1.54, 1.807) is 31.4 Å². The molecule has 6 heteroatoms. The fourth-order valence-corrected chi connectivity index (χ4v) is 1.75. The Morgan fingerprint density at radius 1 is 1.42 bits per heavy atom. The van der Waals surface area contributed by atoms with Crippen molar-refractivity contribution in [2.45, 2.75) is 0 Å². The first-order valence-electron chi connectivity index (χ1n) is 5.89. The maximum absolute atomic E-state index is 12.3. The molecule has 0 radical (unpaired) electrons. The molecule has 1 aromatic carbocycles. The van der Waals surface area contributed by atoms with Crippen LogP contribution < -0.4 is 5.73 Å². The van der Waals surface area contributed by atoms with Crippen molar-refractivity contribution in [2.75, 3.05) is 33.4 Å². The van der Waals surface area contributed by atoms with E-state index < -0.39 is 0 Å². The molecule has 1 amide bonds. The Morgan fingerprint density at radius 2 is 2.11 bits per heavy atom. The Hall–Kier alpha value is -1.50. The second-order valence-corrected chi connectivity index (χ2v) is 4.39. The number of carbonyl (C=O) groups excluding carboxylic acids is 1. The lowest BCUT2D eigenvalue weighted by atomic mass is 10.1. The van der Waals surface area contributed by atoms with Crippen molar-refractivity contribution in [3.63, 3.8) is 0 Å². The van der Waals surface area contributed by atoms with Gasteiger partial charge in [-0.2, -0.15) is 0 Å². The number of hydrogen-bond acceptors (Lipinski definition) is 4. The van der Waals surface area contributed by atoms with Crippen LogP contribution >= 0.6 is 12.2 Å². The molecular weight excluding hydrogens is 264 g/mol. The van der Waals surface area contributed by atoms with Crippen molar-refractivity contribution >= 4 is 23.1 Å². The van der Waals surface area contributed by atoms with E-state index in [1.807, 2.05) is 0 Å². The normalized spacial score (nSPS) is 10.2. The van der Waals surface area contributed by atoms with E-state index >= 15 is 0 Å². The van der Waals surface area contributed by atoms with Crippen LogP contribution in [-0.4, -0.2) is 54.3 Å². The van der Waals surface area contributed by atoms with Crippen LogP contribution in [0, 0.1) is 0 Å². The topological polar surface area (TPSA) is 75.8 Å². The minimum Gasteiger partial charge on any atom is -0.395 e. The van der Waals surface area contributed by atoms with E-state index in [4.69, 9.17) is 27.8 Å². The molecule has 0 fully saturated rings. The molecule has 19 heavy (non-hydrogen) atoms. The SMILES string of the molecule is COCCN(CCO)C(=O)c1cccc(C(N)=S)c1. The molecular formula is C13H18N2O3S. The minimum absolute atomic E-state index is 0.0928. The Labute approximate surface area is 118 Å². The Bertz CT molecular complexity index is 451. The van der Waals surface area contributed by atoms with Crippen LogP contribution in [0.5, 0.6) is 0 Å². The van der Waals surface area contributed by atoms with Gasteiger partial charge in [0.25, 0.3) is 5.91 Å². The zero-order valence-electron chi connectivity index (χ0n) is 10.8. The standard InChI is InChI=1S/C13H18N2O3S/c1-18-8-6-15(5-7-16)13(17)11-4-2-3-10(9-11)12(14)19/h2-4,9,16H,5-8H2,1H3,(H2,14,19). The van der Waals surface area contributed by atoms with Crippen LogP contribution in [-0.2, 0) is 4.74 Å². The van der Waals surface area contributed by atoms with Gasteiger partial charge in [0.1, 0.15) is 4.99 Å². The lowest BCUT2D eigenvalue weighted by Crippen LogP contribution is -2.36. The van der Waals surface area contributed by atoms with Gasteiger partial charge in [0.15, 0.2) is 0 Å². The number of aliphatic hydroxyl groups excluding tert-OH is 1. The van der Waals surface area contributed by atoms with Crippen molar-refractivity contribution in [1.29, 1.82) is 0 Å². The summed E-state index contributed by atoms with van der Waals surface area (Å²) < 4.78 is 4.95. The third-order valence-electron chi connectivity index (χ3n) is 2.62. The third kappa shape index (κ3) is 4.59. The molecule has 0 aliphatic carbocycles. The van der Waals surface area contributed by atoms with E-state index in [2.05, 4.69) is 0 Å². The van der Waals surface area contributed by atoms with Crippen molar-refractivity contribution < 1.29 is 14.6 Å². The molecule has 0 spiro atoms. The predicted octanol–water partition coefficient (Wildman–Crippen LogP) is 0.402. The number of nitrogens with zero attached hydrogens (tertiary/aromatic N) is 1. The van der Waals surface area contributed by atoms with Crippen molar-refractivity contribution in [3.8, 4) is 0 Å². The molecule has 1 aromatic rings. The molecule has 3 N–H and O–H groups in total. The molecule has 0 aromatic heterocycles. The highest BCUT2D eigenvalue weighted by atomic mass is 32.1. The molecule has 0 bridgehead atoms. The van der Waals surface area contributed by atoms with E-state index in [9.17, 15) is 4.79 Å². The first kappa shape index (κ1) is 15.6. The molecule has 0 unspecified atom stereocenters. The van der Waals surface area contributed by atoms with Gasteiger partial charge < -0.3 is 20.5 Å². The molecule has 104 valence electrons. The molecule has 0 atom stereocenters. The summed E-state index contributed by atoms with van der Waals surface area (Å²) in [7, 11) is 1.56. The summed E-state index contributed by atoms with van der Waals surface area (Å²) in [5, 5.41) is 9.00. The first-order chi connectivity index (χ1) is 9.10. The van der Waals surface area contributed by atoms with Crippen LogP contribution in [0.2, 0.25) is 0 Å². The lowest BCUT2D eigenvalue weighted by molar-refractivity contribution is 0.0656. The Morgan fingerprint density at radius 3 is 2.68 bits per heavy atom. The van der Waals surface area contributed by atoms with Crippen LogP contribution in [0.4, 0.5) is 0 Å². The molecule has 0 aliphatic rings. The largest absolute Gasteiger partial charge is 0.395 e. The summed E-state index contributed by atoms with van der Waals surface area (Å²) in [5.41, 5.74) is 6.69. The molecule has 1 rings (SSSR count). The van der Waals surface area contributed by atoms with Gasteiger partial charge in [0.05, 0.1) is 13.2 Å². The van der Waals surface area contributed by atoms with Gasteiger partial charge in [0, 0.05) is 31.3 Å². The van der Waals surface area contributed by atoms with Crippen LogP contribution in [0.1, 0.15) is 15.9 Å². The summed E-state index contributed by atoms with van der Waals surface area (Å²) in [6, 6.07) is 6.84. The highest BCUT2D eigenvalue weighted by Gasteiger charge is 2.15. The zero-order chi connectivity index (χ0) is 14.3. The van der Waals surface area contributed by atoms with Gasteiger partial charge in [-0.25, -0.2) is 0 Å². The molecule has 5 nitrogen and oxygen atoms in total. The second kappa shape index (κ2) is 7.83. The number of methoxy groups -OCH3 is 1. The number of ether oxygens (including phenoxy) is 1. The predicted molar refractivity (Wildman–Crippen MR) is 77.2 cm³/mol. The Kier molecular flexibility index (Phi) is 6.41. The zero-order valence-corrected chi connectivity index (χ0v) is 11.7. The molecule has 0 saturated carbocycles. The maximum Gasteiger partial charge on any atom is 0.254 e. The summed E-state index contributed by atoms with van der Waals surface area (Å²) in [6.07, 6.45) is 0. The fraction of sp³-hybridized carbons (Fsp3) is 0.385. The number of thiocarbonyl (C=S) groups is 1. The van der Waals surface area contributed by atoms with Crippen LogP contribution in [0.25, 0.3) is 0 Å². The lowest BCUT2D eigenvalue weighted by Gasteiger charge is -2.21. The monoisotopic (exact) mass is 282 g/mol. The summed E-state index contributed by atoms with van der Waals surface area (Å²) in [6.45, 7) is 1.01. The summed E-state index contributed by atoms with van der Waals surface area (Å²) >= 11 is 4.89. The number of hydrogen-bond donors (Lipinski definition) is 2. The van der Waals surface area contributed by atoms with E-state index in [0.717, 1.165) is 0 Å². The number of carbonyl (C=O) groups is 1. The van der Waals surface area contributed by atoms with E-state index in [0.29, 0.717) is 24.3 Å². The van der Waals surface area contributed by atoms with Crippen molar-refractivity contribution in [3.05, 3.63) is 35.4 Å². The maximum atomic E-state index is 12.3. The van der Waals surface area contributed by atoms with Gasteiger partial charge >= 0.3 is 0 Å². The van der Waals surface area contributed by atoms with Crippen LogP contribution in [0.15, 0.2) is 24.3 Å². The van der Waals surface area contributed by atoms with Crippen molar-refractivity contribution in [1.82, 2.24) is 4.90 Å². The third-order valence-corrected chi connectivity index (χ3v) is 2.85. The Balaban J connectivity index is 2.88. The second-order valence-electron chi connectivity index (χ2n) is 3.95. The van der Waals surface area contributed by atoms with Crippen molar-refractivity contribution in [2.24, 2.45) is 5.73 Å². The fourth-order valence-electron chi connectivity index (χ4n) is 1.63. The summed E-state index contributed by atoms with van der Waals surface area (Å²) in [5.74, 6) is -0.177. The average Bonchev–Trinajstić information content (AvgIpc) is 2.42. The molecule has 0 heterocycles. The molecule has 0 aliphatic heterocycles. The number of rotatable bonds is 7. The average molecular weight is 282 g/mol. The van der Waals surface area contributed by atoms with E-state index in [1.165, 1.54) is 4.90 Å². The summed E-state index contributed by atoms with van der Waals surface area (Å²) in [4.78, 5) is 14.1. The van der Waals surface area contributed by atoms with Gasteiger partial charge in [0.2, 0.25) is 0 Å². The van der Waals surface area contributed by atoms with Gasteiger partial charge in [-0.1, -0.05) is 24.4 Å². The highest BCUT2D eigenvalue weighted by Crippen LogP contribution is 2.09. The first-order valence-corrected chi connectivity index (χ1v) is 6.30. The van der Waals surface area contributed by atoms with Gasteiger partial charge in [-0.05, 0) is 12.1 Å². The van der Waals surface area contributed by atoms with E-state index in [-0.39, 0.29) is 24.0 Å². The number of nitrogens with two attached hydrogens (primary N) is 1. The number of amides is 1. The number of aliphatic hydroxyl groups is 1. The number of benzene rings is 1. The minimum atomic E-state index is -0.177. The van der Waals surface area contributed by atoms with Crippen LogP contribution in [0.3, 0.4) is 0 Å². The quantitative estimate of drug-likeness (QED) is 0.708. The van der Waals surface area contributed by atoms with Gasteiger partial charge in [-0.15, -0.1) is 0 Å².